The molecule has 0 aliphatic heterocycles. The van der Waals surface area contributed by atoms with Crippen molar-refractivity contribution in [2.24, 2.45) is 0 Å². The summed E-state index contributed by atoms with van der Waals surface area (Å²) in [5.41, 5.74) is 0.688. The van der Waals surface area contributed by atoms with Crippen molar-refractivity contribution >= 4 is 11.3 Å². The minimum atomic E-state index is -1.45. The van der Waals surface area contributed by atoms with Gasteiger partial charge in [-0.3, -0.25) is 0 Å². The Morgan fingerprint density at radius 2 is 2.00 bits per heavy atom. The van der Waals surface area contributed by atoms with E-state index >= 15 is 0 Å². The summed E-state index contributed by atoms with van der Waals surface area (Å²) < 4.78 is 40.4. The minimum absolute atomic E-state index is 0.0719. The van der Waals surface area contributed by atoms with Crippen LogP contribution >= 0.6 is 11.3 Å². The summed E-state index contributed by atoms with van der Waals surface area (Å²) in [4.78, 5) is 4.31. The first-order valence-electron chi connectivity index (χ1n) is 6.33. The van der Waals surface area contributed by atoms with Gasteiger partial charge in [0.25, 0.3) is 0 Å². The zero-order chi connectivity index (χ0) is 14.7. The molecule has 0 radical (unpaired) electrons. The highest BCUT2D eigenvalue weighted by Crippen LogP contribution is 2.27. The largest absolute Gasteiger partial charge is 0.305 e. The first kappa shape index (κ1) is 15.0. The molecule has 0 amide bonds. The van der Waals surface area contributed by atoms with Crippen LogP contribution in [0.5, 0.6) is 0 Å². The van der Waals surface area contributed by atoms with Crippen molar-refractivity contribution < 1.29 is 13.2 Å². The molecule has 1 unspecified atom stereocenters. The van der Waals surface area contributed by atoms with Gasteiger partial charge in [-0.05, 0) is 26.0 Å². The molecule has 2 aromatic rings. The molecule has 1 aromatic heterocycles. The van der Waals surface area contributed by atoms with Crippen LogP contribution in [0.1, 0.15) is 35.7 Å². The number of halogens is 3. The molecule has 0 saturated carbocycles. The smallest absolute Gasteiger partial charge is 0.194 e. The molecule has 0 bridgehead atoms. The monoisotopic (exact) mass is 300 g/mol. The van der Waals surface area contributed by atoms with E-state index in [9.17, 15) is 13.2 Å². The average Bonchev–Trinajstić information content (AvgIpc) is 2.85. The summed E-state index contributed by atoms with van der Waals surface area (Å²) >= 11 is 1.43. The third kappa shape index (κ3) is 3.02. The lowest BCUT2D eigenvalue weighted by atomic mass is 10.0. The van der Waals surface area contributed by atoms with Gasteiger partial charge in [-0.2, -0.15) is 0 Å². The lowest BCUT2D eigenvalue weighted by Crippen LogP contribution is -2.25. The van der Waals surface area contributed by atoms with Crippen molar-refractivity contribution in [2.75, 3.05) is 6.54 Å². The third-order valence-electron chi connectivity index (χ3n) is 2.91. The van der Waals surface area contributed by atoms with Crippen LogP contribution in [-0.4, -0.2) is 11.5 Å². The van der Waals surface area contributed by atoms with E-state index in [4.69, 9.17) is 0 Å². The highest BCUT2D eigenvalue weighted by atomic mass is 32.1. The van der Waals surface area contributed by atoms with Gasteiger partial charge in [-0.1, -0.05) is 13.0 Å². The summed E-state index contributed by atoms with van der Waals surface area (Å²) in [6.07, 6.45) is 0.838. The Hall–Kier alpha value is -1.40. The van der Waals surface area contributed by atoms with Crippen LogP contribution in [0, 0.1) is 24.4 Å². The molecular weight excluding hydrogens is 285 g/mol. The fraction of sp³-hybridized carbons (Fsp3) is 0.357. The number of thiazole rings is 1. The van der Waals surface area contributed by atoms with Gasteiger partial charge < -0.3 is 5.32 Å². The molecule has 6 heteroatoms. The molecule has 2 nitrogen and oxygen atoms in total. The maximum Gasteiger partial charge on any atom is 0.194 e. The maximum absolute atomic E-state index is 14.0. The van der Waals surface area contributed by atoms with Gasteiger partial charge in [-0.15, -0.1) is 11.3 Å². The molecular formula is C14H15F3N2S. The lowest BCUT2D eigenvalue weighted by molar-refractivity contribution is 0.431. The quantitative estimate of drug-likeness (QED) is 0.846. The molecule has 2 rings (SSSR count). The molecule has 0 fully saturated rings. The van der Waals surface area contributed by atoms with Gasteiger partial charge in [0.2, 0.25) is 0 Å². The van der Waals surface area contributed by atoms with E-state index in [-0.39, 0.29) is 5.56 Å². The fourth-order valence-electron chi connectivity index (χ4n) is 1.94. The molecule has 1 heterocycles. The van der Waals surface area contributed by atoms with Crippen molar-refractivity contribution in [3.05, 3.63) is 51.2 Å². The molecule has 0 aliphatic rings. The van der Waals surface area contributed by atoms with Crippen molar-refractivity contribution in [1.29, 1.82) is 0 Å². The van der Waals surface area contributed by atoms with Crippen LogP contribution in [0.2, 0.25) is 0 Å². The Morgan fingerprint density at radius 1 is 1.25 bits per heavy atom. The fourth-order valence-corrected chi connectivity index (χ4v) is 2.58. The number of nitrogens with zero attached hydrogens (tertiary/aromatic N) is 1. The Balaban J connectivity index is 2.43. The van der Waals surface area contributed by atoms with E-state index in [1.54, 1.807) is 5.38 Å². The Kier molecular flexibility index (Phi) is 4.77. The Bertz CT molecular complexity index is 598. The van der Waals surface area contributed by atoms with Gasteiger partial charge in [-0.25, -0.2) is 18.2 Å². The second-order valence-electron chi connectivity index (χ2n) is 4.44. The van der Waals surface area contributed by atoms with Crippen molar-refractivity contribution in [1.82, 2.24) is 10.3 Å². The number of rotatable bonds is 5. The van der Waals surface area contributed by atoms with Crippen molar-refractivity contribution in [2.45, 2.75) is 26.3 Å². The molecule has 108 valence electrons. The summed E-state index contributed by atoms with van der Waals surface area (Å²) in [5.74, 6) is -3.79. The zero-order valence-electron chi connectivity index (χ0n) is 11.2. The van der Waals surface area contributed by atoms with Crippen LogP contribution in [0.15, 0.2) is 17.5 Å². The molecule has 0 aliphatic carbocycles. The van der Waals surface area contributed by atoms with Crippen molar-refractivity contribution in [3.8, 4) is 0 Å². The van der Waals surface area contributed by atoms with E-state index in [0.717, 1.165) is 17.5 Å². The van der Waals surface area contributed by atoms with Crippen LogP contribution < -0.4 is 5.32 Å². The van der Waals surface area contributed by atoms with Gasteiger partial charge in [0.05, 0.1) is 16.7 Å². The zero-order valence-corrected chi connectivity index (χ0v) is 12.0. The van der Waals surface area contributed by atoms with Crippen LogP contribution in [0.4, 0.5) is 13.2 Å². The van der Waals surface area contributed by atoms with E-state index in [2.05, 4.69) is 10.3 Å². The number of hydrogen-bond acceptors (Lipinski definition) is 3. The number of aromatic nitrogens is 1. The highest BCUT2D eigenvalue weighted by molar-refractivity contribution is 7.09. The molecule has 0 spiro atoms. The molecule has 1 N–H and O–H groups in total. The lowest BCUT2D eigenvalue weighted by Gasteiger charge is -2.18. The Morgan fingerprint density at radius 3 is 2.60 bits per heavy atom. The number of aryl methyl sites for hydroxylation is 1. The van der Waals surface area contributed by atoms with Crippen molar-refractivity contribution in [3.63, 3.8) is 0 Å². The topological polar surface area (TPSA) is 24.9 Å². The first-order valence-corrected chi connectivity index (χ1v) is 7.21. The van der Waals surface area contributed by atoms with Crippen LogP contribution in [0.25, 0.3) is 0 Å². The van der Waals surface area contributed by atoms with E-state index in [1.807, 2.05) is 13.8 Å². The normalized spacial score (nSPS) is 12.7. The van der Waals surface area contributed by atoms with Gasteiger partial charge in [0.15, 0.2) is 17.5 Å². The van der Waals surface area contributed by atoms with Gasteiger partial charge in [0, 0.05) is 10.9 Å². The second kappa shape index (κ2) is 6.37. The molecule has 0 saturated heterocycles. The number of nitrogens with one attached hydrogen (secondary N) is 1. The second-order valence-corrected chi connectivity index (χ2v) is 5.51. The van der Waals surface area contributed by atoms with Gasteiger partial charge in [0.1, 0.15) is 0 Å². The SMILES string of the molecule is CCCNC(c1csc(C)n1)c1ccc(F)c(F)c1F. The summed E-state index contributed by atoms with van der Waals surface area (Å²) in [7, 11) is 0. The third-order valence-corrected chi connectivity index (χ3v) is 3.70. The maximum atomic E-state index is 14.0. The Labute approximate surface area is 119 Å². The van der Waals surface area contributed by atoms with E-state index in [1.165, 1.54) is 17.4 Å². The highest BCUT2D eigenvalue weighted by Gasteiger charge is 2.23. The average molecular weight is 300 g/mol. The first-order chi connectivity index (χ1) is 9.54. The van der Waals surface area contributed by atoms with E-state index < -0.39 is 23.5 Å². The number of benzene rings is 1. The predicted octanol–water partition coefficient (Wildman–Crippen LogP) is 3.96. The molecule has 1 atom stereocenters. The number of hydrogen-bond donors (Lipinski definition) is 1. The summed E-state index contributed by atoms with van der Waals surface area (Å²) in [6, 6.07) is 1.62. The van der Waals surface area contributed by atoms with Gasteiger partial charge >= 0.3 is 0 Å². The minimum Gasteiger partial charge on any atom is -0.305 e. The standard InChI is InChI=1S/C14H15F3N2S/c1-3-6-18-14(11-7-20-8(2)19-11)9-4-5-10(15)13(17)12(9)16/h4-5,7,14,18H,3,6H2,1-2H3. The summed E-state index contributed by atoms with van der Waals surface area (Å²) in [6.45, 7) is 4.43. The predicted molar refractivity (Wildman–Crippen MR) is 73.3 cm³/mol. The molecule has 1 aromatic carbocycles. The van der Waals surface area contributed by atoms with Crippen LogP contribution in [-0.2, 0) is 0 Å². The van der Waals surface area contributed by atoms with Crippen LogP contribution in [0.3, 0.4) is 0 Å². The summed E-state index contributed by atoms with van der Waals surface area (Å²) in [5, 5.41) is 5.75. The molecule has 20 heavy (non-hydrogen) atoms. The van der Waals surface area contributed by atoms with E-state index in [0.29, 0.717) is 12.2 Å².